The van der Waals surface area contributed by atoms with Gasteiger partial charge in [-0.1, -0.05) is 58.0 Å². The van der Waals surface area contributed by atoms with Crippen molar-refractivity contribution in [3.63, 3.8) is 0 Å². The molecule has 0 aliphatic heterocycles. The van der Waals surface area contributed by atoms with E-state index < -0.39 is 0 Å². The van der Waals surface area contributed by atoms with Crippen molar-refractivity contribution in [3.8, 4) is 0 Å². The first kappa shape index (κ1) is 21.4. The molecule has 0 fully saturated rings. The fraction of sp³-hybridized carbons (Fsp3) is 0.393. The van der Waals surface area contributed by atoms with Gasteiger partial charge in [0, 0.05) is 12.1 Å². The van der Waals surface area contributed by atoms with Gasteiger partial charge in [0.05, 0.1) is 0 Å². The number of rotatable bonds is 4. The predicted molar refractivity (Wildman–Crippen MR) is 127 cm³/mol. The van der Waals surface area contributed by atoms with Gasteiger partial charge in [-0.15, -0.1) is 0 Å². The van der Waals surface area contributed by atoms with E-state index in [1.807, 2.05) is 37.3 Å². The normalized spacial score (nSPS) is 16.6. The molecule has 1 amide bonds. The highest BCUT2D eigenvalue weighted by Crippen LogP contribution is 2.46. The van der Waals surface area contributed by atoms with Gasteiger partial charge in [-0.05, 0) is 83.5 Å². The second-order valence-electron chi connectivity index (χ2n) is 10.3. The van der Waals surface area contributed by atoms with E-state index in [2.05, 4.69) is 52.1 Å². The van der Waals surface area contributed by atoms with Crippen molar-refractivity contribution >= 4 is 11.6 Å². The Bertz CT molecular complexity index is 1130. The Labute approximate surface area is 185 Å². The number of fused-ring (bicyclic) bond motifs is 1. The summed E-state index contributed by atoms with van der Waals surface area (Å²) in [6.45, 7) is 13.6. The summed E-state index contributed by atoms with van der Waals surface area (Å²) in [6, 6.07) is 16.2. The largest absolute Gasteiger partial charge is 0.456 e. The first-order valence-corrected chi connectivity index (χ1v) is 11.2. The topological polar surface area (TPSA) is 42.2 Å². The number of hydrogen-bond acceptors (Lipinski definition) is 2. The third-order valence-electron chi connectivity index (χ3n) is 6.95. The van der Waals surface area contributed by atoms with E-state index >= 15 is 0 Å². The van der Waals surface area contributed by atoms with Crippen LogP contribution in [-0.2, 0) is 17.3 Å². The van der Waals surface area contributed by atoms with Crippen molar-refractivity contribution in [3.05, 3.63) is 87.9 Å². The van der Waals surface area contributed by atoms with E-state index in [0.29, 0.717) is 12.2 Å². The Morgan fingerprint density at radius 3 is 2.23 bits per heavy atom. The molecule has 1 heterocycles. The number of carbonyl (C=O) groups is 1. The van der Waals surface area contributed by atoms with Gasteiger partial charge in [0.2, 0.25) is 0 Å². The Balaban J connectivity index is 1.58. The maximum Gasteiger partial charge on any atom is 0.291 e. The fourth-order valence-corrected chi connectivity index (χ4v) is 4.64. The van der Waals surface area contributed by atoms with E-state index in [9.17, 15) is 4.79 Å². The molecule has 3 nitrogen and oxygen atoms in total. The molecule has 0 radical (unpaired) electrons. The van der Waals surface area contributed by atoms with Crippen molar-refractivity contribution in [2.75, 3.05) is 5.32 Å². The molecule has 3 aromatic rings. The molecular formula is C28H33NO2. The summed E-state index contributed by atoms with van der Waals surface area (Å²) in [5, 5.41) is 2.94. The van der Waals surface area contributed by atoms with E-state index in [1.54, 1.807) is 6.07 Å². The Kier molecular flexibility index (Phi) is 5.33. The number of amides is 1. The number of para-hydroxylation sites is 1. The van der Waals surface area contributed by atoms with Crippen LogP contribution in [0.2, 0.25) is 0 Å². The zero-order chi connectivity index (χ0) is 22.4. The lowest BCUT2D eigenvalue weighted by atomic mass is 9.62. The molecule has 1 N–H and O–H groups in total. The van der Waals surface area contributed by atoms with Crippen LogP contribution in [-0.4, -0.2) is 5.91 Å². The highest BCUT2D eigenvalue weighted by molar-refractivity contribution is 6.02. The smallest absolute Gasteiger partial charge is 0.291 e. The van der Waals surface area contributed by atoms with Gasteiger partial charge in [0.25, 0.3) is 5.91 Å². The molecule has 3 heteroatoms. The van der Waals surface area contributed by atoms with Gasteiger partial charge in [-0.3, -0.25) is 4.79 Å². The number of carbonyl (C=O) groups excluding carboxylic acids is 1. The second-order valence-corrected chi connectivity index (χ2v) is 10.3. The molecule has 1 aliphatic carbocycles. The van der Waals surface area contributed by atoms with Crippen molar-refractivity contribution in [1.82, 2.24) is 0 Å². The minimum atomic E-state index is -0.217. The minimum Gasteiger partial charge on any atom is -0.456 e. The van der Waals surface area contributed by atoms with E-state index in [0.717, 1.165) is 17.0 Å². The van der Waals surface area contributed by atoms with Crippen LogP contribution >= 0.6 is 0 Å². The van der Waals surface area contributed by atoms with Crippen molar-refractivity contribution < 1.29 is 9.21 Å². The van der Waals surface area contributed by atoms with Crippen molar-refractivity contribution in [1.29, 1.82) is 0 Å². The van der Waals surface area contributed by atoms with Gasteiger partial charge in [0.15, 0.2) is 5.76 Å². The highest BCUT2D eigenvalue weighted by Gasteiger charge is 2.37. The molecule has 4 rings (SSSR count). The Morgan fingerprint density at radius 1 is 0.903 bits per heavy atom. The van der Waals surface area contributed by atoms with Crippen LogP contribution < -0.4 is 5.32 Å². The van der Waals surface area contributed by atoms with Crippen LogP contribution in [0.3, 0.4) is 0 Å². The summed E-state index contributed by atoms with van der Waals surface area (Å²) in [6.07, 6.45) is 3.09. The average Bonchev–Trinajstić information content (AvgIpc) is 3.17. The zero-order valence-electron chi connectivity index (χ0n) is 19.6. The van der Waals surface area contributed by atoms with Crippen LogP contribution in [0, 0.1) is 13.8 Å². The number of nitrogens with one attached hydrogen (secondary N) is 1. The molecule has 0 bridgehead atoms. The zero-order valence-corrected chi connectivity index (χ0v) is 19.6. The van der Waals surface area contributed by atoms with Gasteiger partial charge in [0.1, 0.15) is 5.76 Å². The Morgan fingerprint density at radius 2 is 1.55 bits per heavy atom. The Hall–Kier alpha value is -2.81. The van der Waals surface area contributed by atoms with E-state index in [1.165, 1.54) is 35.1 Å². The maximum atomic E-state index is 12.6. The molecule has 1 aliphatic rings. The first-order chi connectivity index (χ1) is 14.6. The molecule has 0 atom stereocenters. The van der Waals surface area contributed by atoms with E-state index in [-0.39, 0.29) is 16.7 Å². The lowest BCUT2D eigenvalue weighted by Crippen LogP contribution is -2.34. The molecule has 31 heavy (non-hydrogen) atoms. The predicted octanol–water partition coefficient (Wildman–Crippen LogP) is 7.09. The van der Waals surface area contributed by atoms with Gasteiger partial charge >= 0.3 is 0 Å². The quantitative estimate of drug-likeness (QED) is 0.494. The summed E-state index contributed by atoms with van der Waals surface area (Å²) < 4.78 is 5.94. The van der Waals surface area contributed by atoms with Gasteiger partial charge in [-0.2, -0.15) is 0 Å². The monoisotopic (exact) mass is 415 g/mol. The minimum absolute atomic E-state index is 0.176. The lowest BCUT2D eigenvalue weighted by molar-refractivity contribution is 0.0995. The molecule has 0 spiro atoms. The summed E-state index contributed by atoms with van der Waals surface area (Å²) in [5.41, 5.74) is 7.70. The van der Waals surface area contributed by atoms with Crippen LogP contribution in [0.4, 0.5) is 5.69 Å². The van der Waals surface area contributed by atoms with Crippen LogP contribution in [0.15, 0.2) is 52.9 Å². The molecular weight excluding hydrogens is 382 g/mol. The van der Waals surface area contributed by atoms with Crippen LogP contribution in [0.1, 0.15) is 84.7 Å². The highest BCUT2D eigenvalue weighted by atomic mass is 16.3. The lowest BCUT2D eigenvalue weighted by Gasteiger charge is -2.42. The van der Waals surface area contributed by atoms with E-state index in [4.69, 9.17) is 4.42 Å². The van der Waals surface area contributed by atoms with Crippen LogP contribution in [0.25, 0.3) is 0 Å². The number of hydrogen-bond donors (Lipinski definition) is 1. The maximum absolute atomic E-state index is 12.6. The summed E-state index contributed by atoms with van der Waals surface area (Å²) >= 11 is 0. The van der Waals surface area contributed by atoms with Crippen molar-refractivity contribution in [2.45, 2.75) is 71.6 Å². The van der Waals surface area contributed by atoms with Gasteiger partial charge < -0.3 is 9.73 Å². The van der Waals surface area contributed by atoms with Gasteiger partial charge in [-0.25, -0.2) is 0 Å². The fourth-order valence-electron chi connectivity index (χ4n) is 4.64. The number of benzene rings is 2. The summed E-state index contributed by atoms with van der Waals surface area (Å²) in [5.74, 6) is 0.937. The van der Waals surface area contributed by atoms with Crippen molar-refractivity contribution in [2.24, 2.45) is 0 Å². The van der Waals surface area contributed by atoms with Crippen LogP contribution in [0.5, 0.6) is 0 Å². The molecule has 162 valence electrons. The SMILES string of the molecule is Cc1cc2c(cc1Cc1ccc(C(=O)Nc3ccccc3C)o1)C(C)(C)CCC2(C)C. The average molecular weight is 416 g/mol. The molecule has 2 aromatic carbocycles. The number of furan rings is 1. The third kappa shape index (κ3) is 4.19. The second kappa shape index (κ2) is 7.71. The standard InChI is InChI=1S/C28H33NO2/c1-18-9-7-8-10-24(18)29-26(30)25-12-11-21(31-25)16-20-17-23-22(15-19(20)2)27(3,4)13-14-28(23,5)6/h7-12,15,17H,13-14,16H2,1-6H3,(H,29,30). The molecule has 0 saturated carbocycles. The number of aryl methyl sites for hydroxylation is 2. The molecule has 1 aromatic heterocycles. The summed E-state index contributed by atoms with van der Waals surface area (Å²) in [7, 11) is 0. The molecule has 0 unspecified atom stereocenters. The molecule has 0 saturated heterocycles. The first-order valence-electron chi connectivity index (χ1n) is 11.2. The summed E-state index contributed by atoms with van der Waals surface area (Å²) in [4.78, 5) is 12.6. The number of anilines is 1. The third-order valence-corrected chi connectivity index (χ3v) is 6.95.